The second-order valence-corrected chi connectivity index (χ2v) is 9.25. The van der Waals surface area contributed by atoms with Crippen LogP contribution in [0.2, 0.25) is 0 Å². The molecule has 0 bridgehead atoms. The highest BCUT2D eigenvalue weighted by Crippen LogP contribution is 2.40. The number of aryl methyl sites for hydroxylation is 1. The van der Waals surface area contributed by atoms with Gasteiger partial charge in [0.2, 0.25) is 5.91 Å². The molecule has 2 N–H and O–H groups in total. The molecule has 2 aromatic heterocycles. The highest BCUT2D eigenvalue weighted by atomic mass is 32.1. The Morgan fingerprint density at radius 2 is 2.17 bits per heavy atom. The minimum Gasteiger partial charge on any atom is -0.442 e. The lowest BCUT2D eigenvalue weighted by Crippen LogP contribution is -2.33. The van der Waals surface area contributed by atoms with Gasteiger partial charge in [-0.1, -0.05) is 6.07 Å². The van der Waals surface area contributed by atoms with E-state index in [2.05, 4.69) is 20.3 Å². The molecule has 1 unspecified atom stereocenters. The Morgan fingerprint density at radius 3 is 2.94 bits per heavy atom. The number of cyclic esters (lactones) is 1. The number of benzene rings is 1. The number of aromatic amines is 1. The van der Waals surface area contributed by atoms with Gasteiger partial charge < -0.3 is 14.8 Å². The Morgan fingerprint density at radius 1 is 1.34 bits per heavy atom. The third-order valence-electron chi connectivity index (χ3n) is 5.93. The first-order chi connectivity index (χ1) is 16.7. The second kappa shape index (κ2) is 8.91. The van der Waals surface area contributed by atoms with E-state index in [1.165, 1.54) is 13.0 Å². The van der Waals surface area contributed by atoms with Gasteiger partial charge >= 0.3 is 12.5 Å². The number of H-pyrrole nitrogens is 1. The van der Waals surface area contributed by atoms with E-state index in [4.69, 9.17) is 4.74 Å². The van der Waals surface area contributed by atoms with Crippen LogP contribution in [0.5, 0.6) is 5.06 Å². The van der Waals surface area contributed by atoms with Crippen LogP contribution in [-0.2, 0) is 22.4 Å². The summed E-state index contributed by atoms with van der Waals surface area (Å²) in [7, 11) is 0. The van der Waals surface area contributed by atoms with Crippen molar-refractivity contribution in [3.8, 4) is 27.6 Å². The zero-order valence-corrected chi connectivity index (χ0v) is 19.4. The van der Waals surface area contributed by atoms with Crippen LogP contribution in [0.15, 0.2) is 29.6 Å². The van der Waals surface area contributed by atoms with Crippen LogP contribution in [0.25, 0.3) is 22.5 Å². The molecule has 0 saturated carbocycles. The maximum absolute atomic E-state index is 12.6. The molecule has 0 radical (unpaired) electrons. The molecule has 5 rings (SSSR count). The third-order valence-corrected chi connectivity index (χ3v) is 6.73. The fourth-order valence-corrected chi connectivity index (χ4v) is 5.19. The van der Waals surface area contributed by atoms with Crippen molar-refractivity contribution >= 4 is 29.0 Å². The molecule has 1 aromatic carbocycles. The van der Waals surface area contributed by atoms with Gasteiger partial charge in [-0.15, -0.1) is 24.5 Å². The number of alkyl halides is 3. The molecule has 8 nitrogen and oxygen atoms in total. The van der Waals surface area contributed by atoms with Crippen molar-refractivity contribution < 1.29 is 32.2 Å². The average molecular weight is 507 g/mol. The fourth-order valence-electron chi connectivity index (χ4n) is 4.43. The molecule has 1 fully saturated rings. The lowest BCUT2D eigenvalue weighted by molar-refractivity contribution is -0.273. The zero-order chi connectivity index (χ0) is 24.7. The topological polar surface area (TPSA) is 96.5 Å². The minimum absolute atomic E-state index is 0.189. The first kappa shape index (κ1) is 23.2. The molecule has 1 aliphatic heterocycles. The molecule has 0 spiro atoms. The molecule has 2 aliphatic rings. The largest absolute Gasteiger partial charge is 0.573 e. The Bertz CT molecular complexity index is 1290. The van der Waals surface area contributed by atoms with Gasteiger partial charge in [-0.25, -0.2) is 4.79 Å². The summed E-state index contributed by atoms with van der Waals surface area (Å²) < 4.78 is 47.1. The summed E-state index contributed by atoms with van der Waals surface area (Å²) in [5.74, 6) is -0.189. The number of carbonyl (C=O) groups is 2. The predicted octanol–water partition coefficient (Wildman–Crippen LogP) is 4.65. The summed E-state index contributed by atoms with van der Waals surface area (Å²) in [6.07, 6.45) is -3.37. The standard InChI is InChI=1S/C23H21F3N4O4S/c1-12(31)27-9-16-10-30(22(32)33-16)15-5-6-17-13(7-15)3-2-4-18-20(28-29-21(17)18)14-8-19(35-11-14)34-23(24,25)26/h5-8,11,16H,2-4,9-10H2,1H3,(H,27,31)(H,28,29). The van der Waals surface area contributed by atoms with Crippen LogP contribution >= 0.6 is 11.3 Å². The van der Waals surface area contributed by atoms with E-state index in [1.54, 1.807) is 10.3 Å². The van der Waals surface area contributed by atoms with Gasteiger partial charge in [-0.2, -0.15) is 5.10 Å². The van der Waals surface area contributed by atoms with Gasteiger partial charge in [0.05, 0.1) is 24.5 Å². The van der Waals surface area contributed by atoms with Crippen LogP contribution in [0.1, 0.15) is 24.5 Å². The van der Waals surface area contributed by atoms with Crippen molar-refractivity contribution in [3.05, 3.63) is 40.8 Å². The van der Waals surface area contributed by atoms with E-state index < -0.39 is 18.6 Å². The Balaban J connectivity index is 1.40. The Kier molecular flexibility index (Phi) is 5.91. The number of ether oxygens (including phenoxy) is 2. The van der Waals surface area contributed by atoms with Crippen molar-refractivity contribution in [2.75, 3.05) is 18.0 Å². The van der Waals surface area contributed by atoms with Gasteiger partial charge in [0.25, 0.3) is 0 Å². The number of rotatable bonds is 5. The number of carbonyl (C=O) groups excluding carboxylic acids is 2. The Hall–Kier alpha value is -3.54. The molecule has 3 aromatic rings. The van der Waals surface area contributed by atoms with Crippen LogP contribution in [0.3, 0.4) is 0 Å². The number of halogens is 3. The van der Waals surface area contributed by atoms with Crippen molar-refractivity contribution in [2.24, 2.45) is 0 Å². The minimum atomic E-state index is -4.74. The van der Waals surface area contributed by atoms with Gasteiger partial charge in [-0.05, 0) is 37.0 Å². The highest BCUT2D eigenvalue weighted by molar-refractivity contribution is 7.12. The molecule has 1 aliphatic carbocycles. The van der Waals surface area contributed by atoms with Crippen LogP contribution in [0, 0.1) is 0 Å². The number of nitrogens with one attached hydrogen (secondary N) is 2. The Labute approximate surface area is 202 Å². The number of nitrogens with zero attached hydrogens (tertiary/aromatic N) is 2. The van der Waals surface area contributed by atoms with Crippen molar-refractivity contribution in [2.45, 2.75) is 38.7 Å². The van der Waals surface area contributed by atoms with E-state index in [0.717, 1.165) is 46.6 Å². The SMILES string of the molecule is CC(=O)NCC1CN(c2ccc3c(c2)CCCc2c(-c4csc(OC(F)(F)F)c4)n[nH]c2-3)C(=O)O1. The molecule has 12 heteroatoms. The predicted molar refractivity (Wildman–Crippen MR) is 122 cm³/mol. The summed E-state index contributed by atoms with van der Waals surface area (Å²) >= 11 is 0.869. The molecule has 2 amide bonds. The highest BCUT2D eigenvalue weighted by Gasteiger charge is 2.34. The van der Waals surface area contributed by atoms with Crippen molar-refractivity contribution in [3.63, 3.8) is 0 Å². The van der Waals surface area contributed by atoms with Crippen molar-refractivity contribution in [1.29, 1.82) is 0 Å². The molecule has 35 heavy (non-hydrogen) atoms. The number of hydrogen-bond acceptors (Lipinski definition) is 6. The fraction of sp³-hybridized carbons (Fsp3) is 0.348. The van der Waals surface area contributed by atoms with E-state index in [0.29, 0.717) is 29.9 Å². The average Bonchev–Trinajstić information content (AvgIpc) is 3.47. The van der Waals surface area contributed by atoms with E-state index in [1.807, 2.05) is 18.2 Å². The summed E-state index contributed by atoms with van der Waals surface area (Å²) in [5, 5.41) is 11.5. The van der Waals surface area contributed by atoms with Crippen LogP contribution in [0.4, 0.5) is 23.7 Å². The molecule has 184 valence electrons. The molecule has 3 heterocycles. The summed E-state index contributed by atoms with van der Waals surface area (Å²) in [5.41, 5.74) is 5.59. The molecule has 1 saturated heterocycles. The van der Waals surface area contributed by atoms with E-state index >= 15 is 0 Å². The summed E-state index contributed by atoms with van der Waals surface area (Å²) in [6.45, 7) is 1.99. The zero-order valence-electron chi connectivity index (χ0n) is 18.6. The number of hydrogen-bond donors (Lipinski definition) is 2. The first-order valence-electron chi connectivity index (χ1n) is 11.0. The van der Waals surface area contributed by atoms with E-state index in [-0.39, 0.29) is 17.5 Å². The van der Waals surface area contributed by atoms with Crippen LogP contribution < -0.4 is 15.0 Å². The maximum atomic E-state index is 12.6. The first-order valence-corrected chi connectivity index (χ1v) is 11.8. The summed E-state index contributed by atoms with van der Waals surface area (Å²) in [6, 6.07) is 7.04. The number of thiophene rings is 1. The van der Waals surface area contributed by atoms with Gasteiger partial charge in [0.15, 0.2) is 5.06 Å². The van der Waals surface area contributed by atoms with E-state index in [9.17, 15) is 22.8 Å². The lowest BCUT2D eigenvalue weighted by atomic mass is 10.00. The lowest BCUT2D eigenvalue weighted by Gasteiger charge is -2.16. The molecule has 1 atom stereocenters. The monoisotopic (exact) mass is 506 g/mol. The third kappa shape index (κ3) is 4.83. The summed E-state index contributed by atoms with van der Waals surface area (Å²) in [4.78, 5) is 25.1. The number of fused-ring (bicyclic) bond motifs is 3. The number of amides is 2. The molecular formula is C23H21F3N4O4S. The maximum Gasteiger partial charge on any atom is 0.573 e. The smallest absolute Gasteiger partial charge is 0.442 e. The van der Waals surface area contributed by atoms with Gasteiger partial charge in [-0.3, -0.25) is 14.8 Å². The van der Waals surface area contributed by atoms with Gasteiger partial charge in [0, 0.05) is 40.7 Å². The second-order valence-electron chi connectivity index (χ2n) is 8.38. The quantitative estimate of drug-likeness (QED) is 0.525. The van der Waals surface area contributed by atoms with Crippen LogP contribution in [-0.4, -0.2) is 47.8 Å². The molecular weight excluding hydrogens is 485 g/mol. The van der Waals surface area contributed by atoms with Crippen molar-refractivity contribution in [1.82, 2.24) is 15.5 Å². The number of anilines is 1. The number of aromatic nitrogens is 2. The van der Waals surface area contributed by atoms with Gasteiger partial charge in [0.1, 0.15) is 6.10 Å². The normalized spacial score (nSPS) is 17.4.